The van der Waals surface area contributed by atoms with Gasteiger partial charge >= 0.3 is 6.03 Å². The number of likely N-dealkylation sites (tertiary alicyclic amines) is 2. The summed E-state index contributed by atoms with van der Waals surface area (Å²) in [5, 5.41) is 5.20. The van der Waals surface area contributed by atoms with Crippen molar-refractivity contribution in [2.75, 3.05) is 31.5 Å². The molecule has 3 heterocycles. The molecular formula is C32H30N4O3. The Morgan fingerprint density at radius 3 is 2.23 bits per heavy atom. The molecule has 7 nitrogen and oxygen atoms in total. The maximum absolute atomic E-state index is 13.5. The summed E-state index contributed by atoms with van der Waals surface area (Å²) < 4.78 is 0. The van der Waals surface area contributed by atoms with E-state index in [1.807, 2.05) is 70.5 Å². The van der Waals surface area contributed by atoms with Crippen LogP contribution in [0.25, 0.3) is 10.8 Å². The molecule has 0 unspecified atom stereocenters. The van der Waals surface area contributed by atoms with E-state index in [-0.39, 0.29) is 28.8 Å². The molecule has 0 atom stereocenters. The van der Waals surface area contributed by atoms with Crippen LogP contribution in [0.3, 0.4) is 0 Å². The zero-order valence-electron chi connectivity index (χ0n) is 21.7. The van der Waals surface area contributed by atoms with Crippen molar-refractivity contribution in [1.82, 2.24) is 14.8 Å². The highest BCUT2D eigenvalue weighted by atomic mass is 16.2. The van der Waals surface area contributed by atoms with Gasteiger partial charge in [-0.25, -0.2) is 4.79 Å². The van der Waals surface area contributed by atoms with Gasteiger partial charge in [-0.15, -0.1) is 0 Å². The molecule has 2 fully saturated rings. The number of aromatic nitrogens is 1. The summed E-state index contributed by atoms with van der Waals surface area (Å²) in [4.78, 5) is 47.8. The Balaban J connectivity index is 1.10. The van der Waals surface area contributed by atoms with E-state index in [4.69, 9.17) is 0 Å². The highest BCUT2D eigenvalue weighted by Crippen LogP contribution is 2.41. The zero-order chi connectivity index (χ0) is 26.8. The summed E-state index contributed by atoms with van der Waals surface area (Å²) in [5.74, 6) is -0.408. The van der Waals surface area contributed by atoms with Gasteiger partial charge in [-0.1, -0.05) is 66.7 Å². The fraction of sp³-hybridized carbons (Fsp3) is 0.250. The second-order valence-electron chi connectivity index (χ2n) is 10.5. The molecule has 196 valence electrons. The Labute approximate surface area is 227 Å². The molecule has 1 N–H and O–H groups in total. The van der Waals surface area contributed by atoms with Gasteiger partial charge in [0.15, 0.2) is 5.78 Å². The first-order valence-electron chi connectivity index (χ1n) is 13.4. The van der Waals surface area contributed by atoms with E-state index < -0.39 is 0 Å². The highest BCUT2D eigenvalue weighted by Gasteiger charge is 2.43. The maximum Gasteiger partial charge on any atom is 0.321 e. The van der Waals surface area contributed by atoms with Crippen molar-refractivity contribution in [3.63, 3.8) is 0 Å². The number of carbonyl (C=O) groups is 3. The predicted octanol–water partition coefficient (Wildman–Crippen LogP) is 5.63. The van der Waals surface area contributed by atoms with Crippen LogP contribution >= 0.6 is 0 Å². The number of nitrogens with zero attached hydrogens (tertiary/aromatic N) is 3. The van der Waals surface area contributed by atoms with Crippen molar-refractivity contribution in [2.24, 2.45) is 5.41 Å². The third-order valence-electron chi connectivity index (χ3n) is 8.16. The van der Waals surface area contributed by atoms with E-state index in [0.717, 1.165) is 35.7 Å². The lowest BCUT2D eigenvalue weighted by atomic mass is 9.78. The summed E-state index contributed by atoms with van der Waals surface area (Å²) in [5.41, 5.74) is 1.85. The summed E-state index contributed by atoms with van der Waals surface area (Å²) in [6.07, 6.45) is 4.11. The Morgan fingerprint density at radius 1 is 0.744 bits per heavy atom. The lowest BCUT2D eigenvalue weighted by molar-refractivity contribution is 0.0730. The quantitative estimate of drug-likeness (QED) is 0.355. The molecule has 0 saturated carbocycles. The Kier molecular flexibility index (Phi) is 6.57. The van der Waals surface area contributed by atoms with Gasteiger partial charge in [0, 0.05) is 43.3 Å². The first kappa shape index (κ1) is 24.8. The maximum atomic E-state index is 13.5. The van der Waals surface area contributed by atoms with Gasteiger partial charge in [-0.3, -0.25) is 14.6 Å². The number of piperidine rings is 1. The van der Waals surface area contributed by atoms with Gasteiger partial charge in [0.2, 0.25) is 0 Å². The number of benzene rings is 3. The van der Waals surface area contributed by atoms with Gasteiger partial charge in [0.05, 0.1) is 11.3 Å². The summed E-state index contributed by atoms with van der Waals surface area (Å²) in [6.45, 7) is 2.51. The van der Waals surface area contributed by atoms with E-state index in [2.05, 4.69) is 10.3 Å². The minimum absolute atomic E-state index is 0.0235. The first-order valence-corrected chi connectivity index (χ1v) is 13.4. The van der Waals surface area contributed by atoms with Crippen LogP contribution in [0.4, 0.5) is 10.5 Å². The summed E-state index contributed by atoms with van der Waals surface area (Å²) >= 11 is 0. The topological polar surface area (TPSA) is 82.6 Å². The molecule has 1 aromatic heterocycles. The molecule has 7 heteroatoms. The van der Waals surface area contributed by atoms with Crippen molar-refractivity contribution in [1.29, 1.82) is 0 Å². The van der Waals surface area contributed by atoms with Crippen LogP contribution in [-0.2, 0) is 0 Å². The number of carbonyl (C=O) groups excluding carboxylic acids is 3. The van der Waals surface area contributed by atoms with Crippen molar-refractivity contribution in [2.45, 2.75) is 19.3 Å². The number of urea groups is 1. The molecule has 2 aliphatic heterocycles. The van der Waals surface area contributed by atoms with E-state index >= 15 is 0 Å². The largest absolute Gasteiger partial charge is 0.337 e. The van der Waals surface area contributed by atoms with E-state index in [1.54, 1.807) is 30.5 Å². The monoisotopic (exact) mass is 518 g/mol. The number of nitrogens with one attached hydrogen (secondary N) is 1. The molecule has 0 bridgehead atoms. The molecule has 2 saturated heterocycles. The molecule has 3 amide bonds. The lowest BCUT2D eigenvalue weighted by Gasteiger charge is -2.39. The number of anilines is 1. The molecule has 0 radical (unpaired) electrons. The molecular weight excluding hydrogens is 488 g/mol. The summed E-state index contributed by atoms with van der Waals surface area (Å²) in [7, 11) is 0. The third-order valence-corrected chi connectivity index (χ3v) is 8.16. The number of rotatable bonds is 4. The fourth-order valence-corrected chi connectivity index (χ4v) is 5.88. The van der Waals surface area contributed by atoms with Gasteiger partial charge in [0.25, 0.3) is 5.91 Å². The van der Waals surface area contributed by atoms with Gasteiger partial charge < -0.3 is 15.1 Å². The Morgan fingerprint density at radius 2 is 1.44 bits per heavy atom. The minimum Gasteiger partial charge on any atom is -0.337 e. The van der Waals surface area contributed by atoms with Crippen molar-refractivity contribution < 1.29 is 14.4 Å². The molecule has 3 aromatic carbocycles. The number of ketones is 1. The number of hydrogen-bond donors (Lipinski definition) is 1. The van der Waals surface area contributed by atoms with Crippen LogP contribution in [0.15, 0.2) is 91.1 Å². The number of hydrogen-bond acceptors (Lipinski definition) is 4. The first-order chi connectivity index (χ1) is 19.0. The molecule has 6 rings (SSSR count). The SMILES string of the molecule is O=C(c1ccccc1)c1cccnc1C(=O)N1CCC2(CCN(C(=O)Nc3cccc4ccccc34)CC2)C1. The van der Waals surface area contributed by atoms with Crippen LogP contribution < -0.4 is 5.32 Å². The van der Waals surface area contributed by atoms with Crippen molar-refractivity contribution in [3.05, 3.63) is 108 Å². The number of amides is 3. The Bertz CT molecular complexity index is 1540. The normalized spacial score (nSPS) is 16.4. The molecule has 2 aliphatic rings. The second kappa shape index (κ2) is 10.3. The molecule has 4 aromatic rings. The lowest BCUT2D eigenvalue weighted by Crippen LogP contribution is -2.46. The smallest absolute Gasteiger partial charge is 0.321 e. The van der Waals surface area contributed by atoms with Crippen LogP contribution in [-0.4, -0.2) is 58.7 Å². The number of fused-ring (bicyclic) bond motifs is 1. The van der Waals surface area contributed by atoms with Crippen molar-refractivity contribution in [3.8, 4) is 0 Å². The van der Waals surface area contributed by atoms with Crippen LogP contribution in [0.5, 0.6) is 0 Å². The highest BCUT2D eigenvalue weighted by molar-refractivity contribution is 6.14. The zero-order valence-corrected chi connectivity index (χ0v) is 21.7. The second-order valence-corrected chi connectivity index (χ2v) is 10.5. The minimum atomic E-state index is -0.206. The number of pyridine rings is 1. The van der Waals surface area contributed by atoms with Gasteiger partial charge in [0.1, 0.15) is 5.69 Å². The average molecular weight is 519 g/mol. The van der Waals surface area contributed by atoms with Crippen LogP contribution in [0, 0.1) is 5.41 Å². The fourth-order valence-electron chi connectivity index (χ4n) is 5.88. The Hall–Kier alpha value is -4.52. The summed E-state index contributed by atoms with van der Waals surface area (Å²) in [6, 6.07) is 26.2. The third kappa shape index (κ3) is 4.88. The molecule has 39 heavy (non-hydrogen) atoms. The van der Waals surface area contributed by atoms with E-state index in [0.29, 0.717) is 37.3 Å². The van der Waals surface area contributed by atoms with E-state index in [9.17, 15) is 14.4 Å². The average Bonchev–Trinajstić information content (AvgIpc) is 3.40. The standard InChI is InChI=1S/C32H30N4O3/c37-29(24-9-2-1-3-10-24)26-13-7-18-33-28(26)30(38)36-21-17-32(22-36)15-19-35(20-16-32)31(39)34-27-14-6-11-23-8-4-5-12-25(23)27/h1-14,18H,15-17,19-22H2,(H,34,39). The van der Waals surface area contributed by atoms with Crippen molar-refractivity contribution >= 4 is 34.2 Å². The van der Waals surface area contributed by atoms with E-state index in [1.165, 1.54) is 0 Å². The van der Waals surface area contributed by atoms with Crippen LogP contribution in [0.1, 0.15) is 45.7 Å². The van der Waals surface area contributed by atoms with Crippen LogP contribution in [0.2, 0.25) is 0 Å². The molecule has 0 aliphatic carbocycles. The van der Waals surface area contributed by atoms with Gasteiger partial charge in [-0.2, -0.15) is 0 Å². The van der Waals surface area contributed by atoms with Gasteiger partial charge in [-0.05, 0) is 48.3 Å². The predicted molar refractivity (Wildman–Crippen MR) is 151 cm³/mol. The molecule has 1 spiro atoms.